The van der Waals surface area contributed by atoms with Crippen molar-refractivity contribution in [1.29, 1.82) is 0 Å². The summed E-state index contributed by atoms with van der Waals surface area (Å²) >= 11 is 2.20. The van der Waals surface area contributed by atoms with Gasteiger partial charge in [-0.3, -0.25) is 9.97 Å². The van der Waals surface area contributed by atoms with Gasteiger partial charge < -0.3 is 38.7 Å². The number of benzene rings is 4. The lowest BCUT2D eigenvalue weighted by Gasteiger charge is -2.13. The lowest BCUT2D eigenvalue weighted by Crippen LogP contribution is -2.02. The molecule has 0 spiro atoms. The predicted octanol–water partition coefficient (Wildman–Crippen LogP) is 9.47. The van der Waals surface area contributed by atoms with Crippen LogP contribution in [-0.4, -0.2) is 52.9 Å². The van der Waals surface area contributed by atoms with Gasteiger partial charge in [0, 0.05) is 43.4 Å². The summed E-state index contributed by atoms with van der Waals surface area (Å²) in [6.07, 6.45) is 3.51. The maximum absolute atomic E-state index is 12.1. The Balaban J connectivity index is 0.000000147. The van der Waals surface area contributed by atoms with Crippen molar-refractivity contribution in [1.82, 2.24) is 40.2 Å². The van der Waals surface area contributed by atoms with Crippen LogP contribution in [0, 0.1) is 45.1 Å². The van der Waals surface area contributed by atoms with E-state index >= 15 is 0 Å². The highest BCUT2D eigenvalue weighted by Gasteiger charge is 2.19. The number of imidazole rings is 2. The Morgan fingerprint density at radius 2 is 1.16 bits per heavy atom. The SMILES string of the molecule is C.Cc1ccc2ncccc2c1-c1cc(-c2c(C)noc2C)cc2[nH]c(=O)[nH]c12.Cc1ccc2ncccc2c1O[B]O.Cc1noc(C)c1-c1cc(I)c2[nH]c(=O)[nH]c2c1. The highest BCUT2D eigenvalue weighted by molar-refractivity contribution is 14.1. The molecule has 0 unspecified atom stereocenters. The smallest absolute Gasteiger partial charge is 0.537 e. The lowest BCUT2D eigenvalue weighted by atomic mass is 9.92. The summed E-state index contributed by atoms with van der Waals surface area (Å²) in [6, 6.07) is 23.7. The number of pyridine rings is 2. The molecule has 0 amide bonds. The van der Waals surface area contributed by atoms with Gasteiger partial charge in [-0.1, -0.05) is 35.9 Å². The Morgan fingerprint density at radius 3 is 1.74 bits per heavy atom. The maximum Gasteiger partial charge on any atom is 0.569 e. The van der Waals surface area contributed by atoms with Gasteiger partial charge in [0.05, 0.1) is 44.5 Å². The molecule has 6 heterocycles. The highest BCUT2D eigenvalue weighted by Crippen LogP contribution is 2.39. The number of aromatic nitrogens is 8. The van der Waals surface area contributed by atoms with E-state index in [9.17, 15) is 9.59 Å². The summed E-state index contributed by atoms with van der Waals surface area (Å²) in [4.78, 5) is 43.5. The molecule has 0 saturated carbocycles. The topological polar surface area (TPSA) is 205 Å². The Kier molecular flexibility index (Phi) is 12.1. The molecule has 0 atom stereocenters. The van der Waals surface area contributed by atoms with Crippen LogP contribution in [0.3, 0.4) is 0 Å². The summed E-state index contributed by atoms with van der Waals surface area (Å²) in [7, 11) is 0.689. The van der Waals surface area contributed by atoms with E-state index in [1.807, 2.05) is 89.2 Å². The quantitative estimate of drug-likeness (QED) is 0.0817. The minimum absolute atomic E-state index is 0. The molecule has 0 saturated heterocycles. The molecule has 10 rings (SSSR count). The normalized spacial score (nSPS) is 11.0. The molecule has 14 nitrogen and oxygen atoms in total. The van der Waals surface area contributed by atoms with Crippen molar-refractivity contribution in [2.24, 2.45) is 0 Å². The fourth-order valence-corrected chi connectivity index (χ4v) is 8.34. The van der Waals surface area contributed by atoms with Crippen LogP contribution in [0.2, 0.25) is 0 Å². The molecule has 0 aliphatic rings. The van der Waals surface area contributed by atoms with Gasteiger partial charge in [-0.25, -0.2) is 9.59 Å². The molecule has 307 valence electrons. The molecule has 61 heavy (non-hydrogen) atoms. The lowest BCUT2D eigenvalue weighted by molar-refractivity contribution is 0.393. The van der Waals surface area contributed by atoms with Crippen LogP contribution in [0.1, 0.15) is 41.5 Å². The van der Waals surface area contributed by atoms with Crippen LogP contribution in [0.25, 0.3) is 77.3 Å². The van der Waals surface area contributed by atoms with Crippen molar-refractivity contribution < 1.29 is 18.7 Å². The van der Waals surface area contributed by atoms with E-state index < -0.39 is 0 Å². The second-order valence-corrected chi connectivity index (χ2v) is 15.4. The summed E-state index contributed by atoms with van der Waals surface area (Å²) < 4.78 is 16.6. The Labute approximate surface area is 363 Å². The van der Waals surface area contributed by atoms with Crippen LogP contribution in [0.4, 0.5) is 0 Å². The van der Waals surface area contributed by atoms with Crippen molar-refractivity contribution >= 4 is 74.1 Å². The Morgan fingerprint density at radius 1 is 0.639 bits per heavy atom. The molecule has 1 radical (unpaired) electrons. The number of rotatable bonds is 5. The minimum Gasteiger partial charge on any atom is -0.537 e. The third-order valence-electron chi connectivity index (χ3n) is 10.2. The number of nitrogens with zero attached hydrogens (tertiary/aromatic N) is 4. The van der Waals surface area contributed by atoms with Gasteiger partial charge in [-0.05, 0) is 147 Å². The first-order valence-corrected chi connectivity index (χ1v) is 19.8. The molecule has 0 bridgehead atoms. The predicted molar refractivity (Wildman–Crippen MR) is 248 cm³/mol. The Hall–Kier alpha value is -6.79. The van der Waals surface area contributed by atoms with E-state index in [0.29, 0.717) is 13.4 Å². The van der Waals surface area contributed by atoms with E-state index in [4.69, 9.17) is 18.7 Å². The van der Waals surface area contributed by atoms with Crippen LogP contribution >= 0.6 is 22.6 Å². The van der Waals surface area contributed by atoms with Crippen LogP contribution in [0.5, 0.6) is 5.75 Å². The zero-order chi connectivity index (χ0) is 42.2. The fourth-order valence-electron chi connectivity index (χ4n) is 7.58. The molecule has 4 aromatic carbocycles. The highest BCUT2D eigenvalue weighted by atomic mass is 127. The average Bonchev–Trinajstić information content (AvgIpc) is 3.99. The number of H-pyrrole nitrogens is 4. The first-order chi connectivity index (χ1) is 28.9. The molecule has 0 aliphatic heterocycles. The second-order valence-electron chi connectivity index (χ2n) is 14.2. The molecule has 0 aliphatic carbocycles. The first kappa shape index (κ1) is 42.3. The molecular weight excluding hydrogens is 886 g/mol. The second kappa shape index (κ2) is 17.4. The maximum atomic E-state index is 12.1. The van der Waals surface area contributed by atoms with Gasteiger partial charge in [0.15, 0.2) is 0 Å². The van der Waals surface area contributed by atoms with Gasteiger partial charge in [-0.15, -0.1) is 0 Å². The van der Waals surface area contributed by atoms with Crippen LogP contribution in [0.15, 0.2) is 104 Å². The fraction of sp³-hybridized carbons (Fsp3) is 0.156. The standard InChI is InChI=1S/C22H18N4O2.C12H10IN3O2.C10H9BNO2.CH4/c1-11-6-7-17-15(5-4-8-23-17)19(11)16-9-14(20-12(2)26-28-13(20)3)10-18-21(16)25-22(27)24-18;1-5-10(6(2)18-16-5)7-3-8(13)11-9(4-7)14-12(17)15-11;1-7-4-5-9-8(3-2-6-12-9)10(7)14-11-13;/h4-10H,1-3H3,(H2,24,25,27);3-4H,1-2H3,(H2,14,15,17);2-6,13H,1H3;1H4. The molecule has 10 aromatic rings. The summed E-state index contributed by atoms with van der Waals surface area (Å²) in [5.74, 6) is 2.18. The van der Waals surface area contributed by atoms with Gasteiger partial charge in [0.2, 0.25) is 0 Å². The summed E-state index contributed by atoms with van der Waals surface area (Å²) in [6.45, 7) is 11.6. The minimum atomic E-state index is -0.233. The van der Waals surface area contributed by atoms with E-state index in [1.165, 1.54) is 0 Å². The van der Waals surface area contributed by atoms with E-state index in [0.717, 1.165) is 115 Å². The first-order valence-electron chi connectivity index (χ1n) is 18.8. The largest absolute Gasteiger partial charge is 0.569 e. The number of aromatic amines is 4. The third-order valence-corrected chi connectivity index (χ3v) is 11.1. The zero-order valence-corrected chi connectivity index (χ0v) is 35.5. The van der Waals surface area contributed by atoms with Crippen molar-refractivity contribution in [3.63, 3.8) is 0 Å². The van der Waals surface area contributed by atoms with Crippen LogP contribution in [-0.2, 0) is 0 Å². The van der Waals surface area contributed by atoms with E-state index in [1.54, 1.807) is 12.4 Å². The van der Waals surface area contributed by atoms with Crippen molar-refractivity contribution in [3.05, 3.63) is 144 Å². The molecule has 5 N–H and O–H groups in total. The molecule has 6 aromatic heterocycles. The summed E-state index contributed by atoms with van der Waals surface area (Å²) in [5.41, 5.74) is 14.1. The Bertz CT molecular complexity index is 3300. The number of fused-ring (bicyclic) bond motifs is 4. The van der Waals surface area contributed by atoms with Crippen molar-refractivity contribution in [2.45, 2.75) is 49.0 Å². The van der Waals surface area contributed by atoms with Gasteiger partial charge in [-0.2, -0.15) is 0 Å². The molecular formula is C45H41BIN8O6. The van der Waals surface area contributed by atoms with Gasteiger partial charge in [0.1, 0.15) is 17.3 Å². The monoisotopic (exact) mass is 927 g/mol. The summed E-state index contributed by atoms with van der Waals surface area (Å²) in [5, 5.41) is 18.6. The van der Waals surface area contributed by atoms with Gasteiger partial charge >= 0.3 is 19.1 Å². The van der Waals surface area contributed by atoms with Crippen LogP contribution < -0.4 is 16.0 Å². The molecule has 0 fully saturated rings. The third kappa shape index (κ3) is 8.23. The van der Waals surface area contributed by atoms with E-state index in [2.05, 4.69) is 87.9 Å². The molecule has 16 heteroatoms. The van der Waals surface area contributed by atoms with Crippen molar-refractivity contribution in [2.75, 3.05) is 0 Å². The zero-order valence-electron chi connectivity index (χ0n) is 33.3. The number of hydrogen-bond donors (Lipinski definition) is 5. The van der Waals surface area contributed by atoms with Gasteiger partial charge in [0.25, 0.3) is 0 Å². The number of nitrogens with one attached hydrogen (secondary N) is 4. The number of halogens is 1. The number of aryl methyl sites for hydroxylation is 6. The van der Waals surface area contributed by atoms with E-state index in [-0.39, 0.29) is 18.8 Å². The van der Waals surface area contributed by atoms with Crippen molar-refractivity contribution in [3.8, 4) is 39.1 Å². The number of hydrogen-bond acceptors (Lipinski definition) is 10. The average molecular weight is 928 g/mol.